The van der Waals surface area contributed by atoms with Gasteiger partial charge in [0.25, 0.3) is 11.8 Å². The second-order valence-corrected chi connectivity index (χ2v) is 5.56. The Morgan fingerprint density at radius 1 is 1.08 bits per heavy atom. The number of hydrogen-bond acceptors (Lipinski definition) is 4. The Morgan fingerprint density at radius 2 is 1.77 bits per heavy atom. The Balaban J connectivity index is 1.81. The molecule has 0 atom stereocenters. The summed E-state index contributed by atoms with van der Waals surface area (Å²) in [5.74, 6) is -2.14. The molecule has 2 aromatic rings. The molecule has 4 N–H and O–H groups in total. The number of hydrogen-bond donors (Lipinski definition) is 3. The van der Waals surface area contributed by atoms with Crippen LogP contribution in [0, 0.1) is 5.82 Å². The summed E-state index contributed by atoms with van der Waals surface area (Å²) in [6.45, 7) is -0.728. The number of benzene rings is 2. The maximum Gasteiger partial charge on any atom is 0.258 e. The number of ether oxygens (including phenoxy) is 1. The molecule has 0 spiro atoms. The van der Waals surface area contributed by atoms with Crippen molar-refractivity contribution < 1.29 is 23.5 Å². The third-order valence-electron chi connectivity index (χ3n) is 3.14. The van der Waals surface area contributed by atoms with Crippen molar-refractivity contribution in [3.05, 3.63) is 58.9 Å². The third-order valence-corrected chi connectivity index (χ3v) is 3.38. The van der Waals surface area contributed by atoms with Gasteiger partial charge in [-0.05, 0) is 42.5 Å². The van der Waals surface area contributed by atoms with Crippen molar-refractivity contribution in [1.29, 1.82) is 0 Å². The van der Waals surface area contributed by atoms with Crippen LogP contribution >= 0.6 is 11.6 Å². The van der Waals surface area contributed by atoms with E-state index in [1.807, 2.05) is 0 Å². The summed E-state index contributed by atoms with van der Waals surface area (Å²) in [6, 6.07) is 9.41. The zero-order valence-corrected chi connectivity index (χ0v) is 14.2. The van der Waals surface area contributed by atoms with E-state index < -0.39 is 30.1 Å². The molecule has 0 aliphatic heterocycles. The standard InChI is InChI=1S/C17H15ClFN3O4/c18-10-1-6-14(13(7-10)17(20)25)26-9-16(24)21-8-15(23)22-12-4-2-11(19)3-5-12/h1-7H,8-9H2,(H2,20,25)(H,21,24)(H,22,23). The fourth-order valence-electron chi connectivity index (χ4n) is 1.93. The zero-order valence-electron chi connectivity index (χ0n) is 13.4. The summed E-state index contributed by atoms with van der Waals surface area (Å²) < 4.78 is 18.0. The van der Waals surface area contributed by atoms with Crippen LogP contribution in [0.3, 0.4) is 0 Å². The number of carbonyl (C=O) groups is 3. The van der Waals surface area contributed by atoms with Crippen molar-refractivity contribution in [3.8, 4) is 5.75 Å². The highest BCUT2D eigenvalue weighted by Crippen LogP contribution is 2.22. The normalized spacial score (nSPS) is 10.1. The lowest BCUT2D eigenvalue weighted by Crippen LogP contribution is -2.35. The van der Waals surface area contributed by atoms with E-state index in [9.17, 15) is 18.8 Å². The molecule has 0 saturated carbocycles. The van der Waals surface area contributed by atoms with Gasteiger partial charge in [0.05, 0.1) is 12.1 Å². The van der Waals surface area contributed by atoms with Gasteiger partial charge < -0.3 is 21.1 Å². The molecular formula is C17H15ClFN3O4. The summed E-state index contributed by atoms with van der Waals surface area (Å²) >= 11 is 5.78. The predicted octanol–water partition coefficient (Wildman–Crippen LogP) is 1.71. The van der Waals surface area contributed by atoms with Gasteiger partial charge in [0.1, 0.15) is 11.6 Å². The number of carbonyl (C=O) groups excluding carboxylic acids is 3. The van der Waals surface area contributed by atoms with Gasteiger partial charge in [-0.25, -0.2) is 4.39 Å². The van der Waals surface area contributed by atoms with Crippen LogP contribution in [0.15, 0.2) is 42.5 Å². The van der Waals surface area contributed by atoms with Crippen molar-refractivity contribution in [2.75, 3.05) is 18.5 Å². The average Bonchev–Trinajstić information content (AvgIpc) is 2.60. The molecule has 26 heavy (non-hydrogen) atoms. The van der Waals surface area contributed by atoms with Crippen molar-refractivity contribution in [1.82, 2.24) is 5.32 Å². The van der Waals surface area contributed by atoms with Crippen LogP contribution in [0.25, 0.3) is 0 Å². The molecule has 0 aliphatic rings. The lowest BCUT2D eigenvalue weighted by atomic mass is 10.2. The van der Waals surface area contributed by atoms with Crippen molar-refractivity contribution >= 4 is 35.0 Å². The SMILES string of the molecule is NC(=O)c1cc(Cl)ccc1OCC(=O)NCC(=O)Nc1ccc(F)cc1. The molecule has 2 aromatic carbocycles. The molecule has 0 fully saturated rings. The molecule has 3 amide bonds. The van der Waals surface area contributed by atoms with Crippen LogP contribution in [-0.4, -0.2) is 30.9 Å². The molecular weight excluding hydrogens is 365 g/mol. The van der Waals surface area contributed by atoms with Crippen LogP contribution < -0.4 is 21.1 Å². The summed E-state index contributed by atoms with van der Waals surface area (Å²) in [7, 11) is 0. The minimum atomic E-state index is -0.749. The van der Waals surface area contributed by atoms with E-state index in [-0.39, 0.29) is 17.9 Å². The first-order valence-electron chi connectivity index (χ1n) is 7.39. The molecule has 0 saturated heterocycles. The van der Waals surface area contributed by atoms with Gasteiger partial charge >= 0.3 is 0 Å². The van der Waals surface area contributed by atoms with Crippen LogP contribution in [-0.2, 0) is 9.59 Å². The number of nitrogens with one attached hydrogen (secondary N) is 2. The van der Waals surface area contributed by atoms with Gasteiger partial charge in [0.15, 0.2) is 6.61 Å². The maximum atomic E-state index is 12.8. The van der Waals surface area contributed by atoms with E-state index in [0.29, 0.717) is 10.7 Å². The van der Waals surface area contributed by atoms with Crippen molar-refractivity contribution in [2.24, 2.45) is 5.73 Å². The molecule has 2 rings (SSSR count). The first-order valence-corrected chi connectivity index (χ1v) is 7.77. The van der Waals surface area contributed by atoms with Crippen LogP contribution in [0.1, 0.15) is 10.4 Å². The molecule has 7 nitrogen and oxygen atoms in total. The number of rotatable bonds is 7. The molecule has 0 radical (unpaired) electrons. The van der Waals surface area contributed by atoms with Crippen molar-refractivity contribution in [3.63, 3.8) is 0 Å². The minimum absolute atomic E-state index is 0.0411. The highest BCUT2D eigenvalue weighted by Gasteiger charge is 2.12. The van der Waals surface area contributed by atoms with E-state index >= 15 is 0 Å². The predicted molar refractivity (Wildman–Crippen MR) is 93.5 cm³/mol. The van der Waals surface area contributed by atoms with Gasteiger partial charge in [-0.15, -0.1) is 0 Å². The zero-order chi connectivity index (χ0) is 19.1. The monoisotopic (exact) mass is 379 g/mol. The number of amides is 3. The highest BCUT2D eigenvalue weighted by atomic mass is 35.5. The topological polar surface area (TPSA) is 111 Å². The molecule has 9 heteroatoms. The smallest absolute Gasteiger partial charge is 0.258 e. The Morgan fingerprint density at radius 3 is 2.42 bits per heavy atom. The van der Waals surface area contributed by atoms with Gasteiger partial charge in [0, 0.05) is 10.7 Å². The second-order valence-electron chi connectivity index (χ2n) is 5.13. The van der Waals surface area contributed by atoms with Gasteiger partial charge in [-0.3, -0.25) is 14.4 Å². The van der Waals surface area contributed by atoms with Crippen LogP contribution in [0.2, 0.25) is 5.02 Å². The van der Waals surface area contributed by atoms with E-state index in [0.717, 1.165) is 0 Å². The fourth-order valence-corrected chi connectivity index (χ4v) is 2.10. The molecule has 0 aliphatic carbocycles. The first kappa shape index (κ1) is 19.2. The van der Waals surface area contributed by atoms with Gasteiger partial charge in [-0.1, -0.05) is 11.6 Å². The molecule has 0 aromatic heterocycles. The lowest BCUT2D eigenvalue weighted by Gasteiger charge is -2.10. The fraction of sp³-hybridized carbons (Fsp3) is 0.118. The number of nitrogens with two attached hydrogens (primary N) is 1. The van der Waals surface area contributed by atoms with Gasteiger partial charge in [0.2, 0.25) is 5.91 Å². The van der Waals surface area contributed by atoms with E-state index in [2.05, 4.69) is 10.6 Å². The van der Waals surface area contributed by atoms with Crippen LogP contribution in [0.4, 0.5) is 10.1 Å². The van der Waals surface area contributed by atoms with E-state index in [1.54, 1.807) is 0 Å². The molecule has 0 bridgehead atoms. The largest absolute Gasteiger partial charge is 0.483 e. The summed E-state index contributed by atoms with van der Waals surface area (Å²) in [6.07, 6.45) is 0. The van der Waals surface area contributed by atoms with Crippen molar-refractivity contribution in [2.45, 2.75) is 0 Å². The second kappa shape index (κ2) is 8.82. The highest BCUT2D eigenvalue weighted by molar-refractivity contribution is 6.31. The van der Waals surface area contributed by atoms with Gasteiger partial charge in [-0.2, -0.15) is 0 Å². The summed E-state index contributed by atoms with van der Waals surface area (Å²) in [5.41, 5.74) is 5.65. The molecule has 136 valence electrons. The quantitative estimate of drug-likeness (QED) is 0.680. The van der Waals surface area contributed by atoms with E-state index in [1.165, 1.54) is 42.5 Å². The van der Waals surface area contributed by atoms with E-state index in [4.69, 9.17) is 22.1 Å². The third kappa shape index (κ3) is 5.75. The maximum absolute atomic E-state index is 12.8. The first-order chi connectivity index (χ1) is 12.3. The number of halogens is 2. The minimum Gasteiger partial charge on any atom is -0.483 e. The number of primary amides is 1. The lowest BCUT2D eigenvalue weighted by molar-refractivity contribution is -0.125. The Hall–Kier alpha value is -3.13. The number of anilines is 1. The summed E-state index contributed by atoms with van der Waals surface area (Å²) in [5, 5.41) is 5.14. The Kier molecular flexibility index (Phi) is 6.51. The Labute approximate surface area is 153 Å². The molecule has 0 unspecified atom stereocenters. The van der Waals surface area contributed by atoms with Crippen LogP contribution in [0.5, 0.6) is 5.75 Å². The summed E-state index contributed by atoms with van der Waals surface area (Å²) in [4.78, 5) is 34.8. The Bertz CT molecular complexity index is 827. The molecule has 0 heterocycles. The average molecular weight is 380 g/mol.